The molecule has 3 aromatic rings. The molecule has 40 heavy (non-hydrogen) atoms. The lowest BCUT2D eigenvalue weighted by atomic mass is 10.1. The van der Waals surface area contributed by atoms with E-state index >= 15 is 0 Å². The lowest BCUT2D eigenvalue weighted by molar-refractivity contribution is -0.138. The van der Waals surface area contributed by atoms with Crippen molar-refractivity contribution in [3.8, 4) is 11.5 Å². The minimum absolute atomic E-state index is 0.0586. The average Bonchev–Trinajstić information content (AvgIpc) is 2.95. The molecule has 0 bridgehead atoms. The number of ether oxygens (including phenoxy) is 4. The number of methoxy groups -OCH3 is 1. The largest absolute Gasteiger partial charge is 0.496 e. The summed E-state index contributed by atoms with van der Waals surface area (Å²) in [5.74, 6) is 1.31. The van der Waals surface area contributed by atoms with Gasteiger partial charge in [-0.25, -0.2) is 0 Å². The quantitative estimate of drug-likeness (QED) is 0.290. The Morgan fingerprint density at radius 1 is 0.900 bits per heavy atom. The summed E-state index contributed by atoms with van der Waals surface area (Å²) in [5, 5.41) is 3.05. The maximum absolute atomic E-state index is 13.3. The van der Waals surface area contributed by atoms with Crippen LogP contribution in [0.15, 0.2) is 72.8 Å². The van der Waals surface area contributed by atoms with Gasteiger partial charge < -0.3 is 29.2 Å². The van der Waals surface area contributed by atoms with Crippen molar-refractivity contribution < 1.29 is 36.9 Å². The summed E-state index contributed by atoms with van der Waals surface area (Å²) in [7, 11) is 1.63. The van der Waals surface area contributed by atoms with Gasteiger partial charge >= 0.3 is 6.18 Å². The minimum atomic E-state index is -4.46. The number of nitrogens with one attached hydrogen (secondary N) is 1. The fourth-order valence-corrected chi connectivity index (χ4v) is 4.50. The van der Waals surface area contributed by atoms with E-state index in [1.54, 1.807) is 42.3 Å². The van der Waals surface area contributed by atoms with Crippen LogP contribution in [0.1, 0.15) is 23.1 Å². The molecule has 1 fully saturated rings. The van der Waals surface area contributed by atoms with E-state index < -0.39 is 11.7 Å². The molecule has 1 N–H and O–H groups in total. The highest BCUT2D eigenvalue weighted by molar-refractivity contribution is 5.96. The third-order valence-corrected chi connectivity index (χ3v) is 6.45. The summed E-state index contributed by atoms with van der Waals surface area (Å²) in [6.07, 6.45) is -3.76. The van der Waals surface area contributed by atoms with Gasteiger partial charge in [-0.15, -0.1) is 0 Å². The molecule has 1 atom stereocenters. The molecule has 0 radical (unpaired) electrons. The summed E-state index contributed by atoms with van der Waals surface area (Å²) < 4.78 is 62.4. The smallest absolute Gasteiger partial charge is 0.416 e. The Kier molecular flexibility index (Phi) is 10.4. The maximum Gasteiger partial charge on any atom is 0.416 e. The number of carbonyl (C=O) groups excluding carboxylic acids is 1. The molecular weight excluding hydrogens is 525 g/mol. The SMILES string of the molecule is COc1ccccc1COCCCOc1ccc(N2C(=O)CNC[C@@H]2COCc2ccccc2C(F)(F)F)cc1. The normalized spacial score (nSPS) is 15.8. The Hall–Kier alpha value is -3.60. The van der Waals surface area contributed by atoms with Crippen LogP contribution in [0, 0.1) is 0 Å². The van der Waals surface area contributed by atoms with Gasteiger partial charge in [-0.05, 0) is 42.0 Å². The molecule has 1 aliphatic heterocycles. The number of carbonyl (C=O) groups is 1. The molecule has 0 aliphatic carbocycles. The fourth-order valence-electron chi connectivity index (χ4n) is 4.50. The van der Waals surface area contributed by atoms with Gasteiger partial charge in [-0.2, -0.15) is 13.2 Å². The first-order valence-electron chi connectivity index (χ1n) is 13.0. The van der Waals surface area contributed by atoms with Crippen LogP contribution in [0.25, 0.3) is 0 Å². The summed E-state index contributed by atoms with van der Waals surface area (Å²) in [5.41, 5.74) is 0.994. The van der Waals surface area contributed by atoms with Crippen LogP contribution in [0.2, 0.25) is 0 Å². The number of alkyl halides is 3. The number of rotatable bonds is 13. The lowest BCUT2D eigenvalue weighted by Crippen LogP contribution is -2.57. The van der Waals surface area contributed by atoms with Crippen molar-refractivity contribution in [3.63, 3.8) is 0 Å². The molecule has 0 unspecified atom stereocenters. The molecule has 0 saturated carbocycles. The average molecular weight is 559 g/mol. The molecular formula is C30H33F3N2O5. The Balaban J connectivity index is 1.25. The van der Waals surface area contributed by atoms with Crippen molar-refractivity contribution in [1.29, 1.82) is 0 Å². The van der Waals surface area contributed by atoms with Crippen LogP contribution < -0.4 is 19.7 Å². The van der Waals surface area contributed by atoms with Crippen LogP contribution in [0.4, 0.5) is 18.9 Å². The van der Waals surface area contributed by atoms with E-state index in [1.165, 1.54) is 12.1 Å². The maximum atomic E-state index is 13.3. The first-order valence-corrected chi connectivity index (χ1v) is 13.0. The number of anilines is 1. The second kappa shape index (κ2) is 14.2. The molecule has 214 valence electrons. The van der Waals surface area contributed by atoms with Gasteiger partial charge in [0, 0.05) is 24.2 Å². The third-order valence-electron chi connectivity index (χ3n) is 6.45. The van der Waals surface area contributed by atoms with Crippen LogP contribution in [0.5, 0.6) is 11.5 Å². The molecule has 0 spiro atoms. The molecule has 10 heteroatoms. The second-order valence-corrected chi connectivity index (χ2v) is 9.28. The van der Waals surface area contributed by atoms with E-state index in [4.69, 9.17) is 18.9 Å². The minimum Gasteiger partial charge on any atom is -0.496 e. The van der Waals surface area contributed by atoms with Gasteiger partial charge in [0.2, 0.25) is 5.91 Å². The number of piperazine rings is 1. The van der Waals surface area contributed by atoms with Crippen molar-refractivity contribution in [3.05, 3.63) is 89.5 Å². The topological polar surface area (TPSA) is 69.3 Å². The number of amides is 1. The molecule has 1 amide bonds. The highest BCUT2D eigenvalue weighted by Crippen LogP contribution is 2.32. The van der Waals surface area contributed by atoms with Gasteiger partial charge in [-0.3, -0.25) is 4.79 Å². The van der Waals surface area contributed by atoms with Gasteiger partial charge in [0.05, 0.1) is 58.3 Å². The van der Waals surface area contributed by atoms with Gasteiger partial charge in [0.25, 0.3) is 0 Å². The predicted molar refractivity (Wildman–Crippen MR) is 144 cm³/mol. The third kappa shape index (κ3) is 7.97. The molecule has 4 rings (SSSR count). The number of nitrogens with zero attached hydrogens (tertiary/aromatic N) is 1. The van der Waals surface area contributed by atoms with E-state index in [2.05, 4.69) is 5.32 Å². The number of para-hydroxylation sites is 1. The summed E-state index contributed by atoms with van der Waals surface area (Å²) in [4.78, 5) is 14.4. The Labute approximate surface area is 231 Å². The van der Waals surface area contributed by atoms with Gasteiger partial charge in [0.1, 0.15) is 11.5 Å². The van der Waals surface area contributed by atoms with E-state index in [0.29, 0.717) is 44.2 Å². The van der Waals surface area contributed by atoms with E-state index in [1.807, 2.05) is 24.3 Å². The molecule has 1 aliphatic rings. The zero-order valence-corrected chi connectivity index (χ0v) is 22.3. The van der Waals surface area contributed by atoms with Crippen molar-refractivity contribution in [2.45, 2.75) is 31.9 Å². The van der Waals surface area contributed by atoms with Crippen molar-refractivity contribution in [2.24, 2.45) is 0 Å². The van der Waals surface area contributed by atoms with Crippen LogP contribution >= 0.6 is 0 Å². The number of hydrogen-bond donors (Lipinski definition) is 1. The molecule has 7 nitrogen and oxygen atoms in total. The Morgan fingerprint density at radius 2 is 1.60 bits per heavy atom. The Bertz CT molecular complexity index is 1240. The van der Waals surface area contributed by atoms with E-state index in [-0.39, 0.29) is 37.3 Å². The second-order valence-electron chi connectivity index (χ2n) is 9.28. The van der Waals surface area contributed by atoms with Gasteiger partial charge in [0.15, 0.2) is 0 Å². The predicted octanol–water partition coefficient (Wildman–Crippen LogP) is 5.22. The summed E-state index contributed by atoms with van der Waals surface area (Å²) in [6, 6.07) is 19.8. The van der Waals surface area contributed by atoms with Crippen molar-refractivity contribution in [2.75, 3.05) is 44.9 Å². The molecule has 0 aromatic heterocycles. The fraction of sp³-hybridized carbons (Fsp3) is 0.367. The number of halogens is 3. The van der Waals surface area contributed by atoms with Crippen LogP contribution in [-0.4, -0.2) is 52.0 Å². The standard InChI is InChI=1S/C30H33F3N2O5/c1-37-28-10-5-3-8-23(28)20-38-15-6-16-40-26-13-11-24(12-14-26)35-25(17-34-18-29(35)36)21-39-19-22-7-2-4-9-27(22)30(31,32)33/h2-5,7-14,25,34H,6,15-21H2,1H3/t25-/m1/s1. The summed E-state index contributed by atoms with van der Waals surface area (Å²) in [6.45, 7) is 1.95. The van der Waals surface area contributed by atoms with Gasteiger partial charge in [-0.1, -0.05) is 36.4 Å². The molecule has 1 heterocycles. The van der Waals surface area contributed by atoms with Crippen molar-refractivity contribution >= 4 is 11.6 Å². The monoisotopic (exact) mass is 558 g/mol. The lowest BCUT2D eigenvalue weighted by Gasteiger charge is -2.36. The van der Waals surface area contributed by atoms with E-state index in [9.17, 15) is 18.0 Å². The molecule has 3 aromatic carbocycles. The summed E-state index contributed by atoms with van der Waals surface area (Å²) >= 11 is 0. The highest BCUT2D eigenvalue weighted by atomic mass is 19.4. The highest BCUT2D eigenvalue weighted by Gasteiger charge is 2.33. The number of benzene rings is 3. The Morgan fingerprint density at radius 3 is 2.35 bits per heavy atom. The first kappa shape index (κ1) is 29.4. The van der Waals surface area contributed by atoms with E-state index in [0.717, 1.165) is 17.4 Å². The van der Waals surface area contributed by atoms with Crippen LogP contribution in [-0.2, 0) is 33.7 Å². The molecule has 1 saturated heterocycles. The zero-order valence-electron chi connectivity index (χ0n) is 22.3. The van der Waals surface area contributed by atoms with Crippen molar-refractivity contribution in [1.82, 2.24) is 5.32 Å². The number of hydrogen-bond acceptors (Lipinski definition) is 6. The van der Waals surface area contributed by atoms with Crippen LogP contribution in [0.3, 0.4) is 0 Å². The zero-order chi connectivity index (χ0) is 28.4. The first-order chi connectivity index (χ1) is 19.4.